The van der Waals surface area contributed by atoms with Gasteiger partial charge >= 0.3 is 5.97 Å². The molecular weight excluding hydrogens is 471 g/mol. The van der Waals surface area contributed by atoms with Crippen molar-refractivity contribution in [2.45, 2.75) is 13.1 Å². The fourth-order valence-electron chi connectivity index (χ4n) is 3.50. The van der Waals surface area contributed by atoms with Gasteiger partial charge in [0.25, 0.3) is 0 Å². The molecule has 0 unspecified atom stereocenters. The van der Waals surface area contributed by atoms with Crippen molar-refractivity contribution in [1.29, 1.82) is 5.26 Å². The van der Waals surface area contributed by atoms with Crippen LogP contribution in [0.2, 0.25) is 0 Å². The van der Waals surface area contributed by atoms with Crippen LogP contribution in [-0.2, 0) is 17.8 Å². The van der Waals surface area contributed by atoms with Crippen LogP contribution in [0, 0.1) is 17.1 Å². The molecule has 0 spiro atoms. The number of hydrogen-bond donors (Lipinski definition) is 2. The van der Waals surface area contributed by atoms with Crippen LogP contribution in [-0.4, -0.2) is 28.9 Å². The van der Waals surface area contributed by atoms with Crippen LogP contribution >= 0.6 is 0 Å². The van der Waals surface area contributed by atoms with E-state index in [9.17, 15) is 14.4 Å². The maximum atomic E-state index is 13.1. The summed E-state index contributed by atoms with van der Waals surface area (Å²) in [5.41, 5.74) is 11.0. The van der Waals surface area contributed by atoms with Crippen molar-refractivity contribution in [3.8, 4) is 17.2 Å². The van der Waals surface area contributed by atoms with Crippen molar-refractivity contribution < 1.29 is 13.9 Å². The van der Waals surface area contributed by atoms with E-state index < -0.39 is 5.97 Å². The number of aliphatic imine (C=N–C) groups is 1. The summed E-state index contributed by atoms with van der Waals surface area (Å²) in [4.78, 5) is 24.5. The molecule has 2 heterocycles. The number of halogens is 1. The lowest BCUT2D eigenvalue weighted by atomic mass is 10.1. The van der Waals surface area contributed by atoms with Gasteiger partial charge in [0.2, 0.25) is 0 Å². The molecule has 4 aromatic rings. The fourth-order valence-corrected chi connectivity index (χ4v) is 3.50. The summed E-state index contributed by atoms with van der Waals surface area (Å²) in [6.07, 6.45) is 3.09. The molecule has 9 heteroatoms. The number of nitriles is 1. The Balaban J connectivity index is 1.47. The van der Waals surface area contributed by atoms with E-state index in [1.165, 1.54) is 25.4 Å². The number of carbonyl (C=O) groups is 1. The predicted octanol–water partition coefficient (Wildman–Crippen LogP) is 4.46. The summed E-state index contributed by atoms with van der Waals surface area (Å²) in [5.74, 6) is -0.0927. The van der Waals surface area contributed by atoms with Gasteiger partial charge in [0, 0.05) is 24.5 Å². The molecule has 4 rings (SSSR count). The highest BCUT2D eigenvalue weighted by atomic mass is 19.1. The third-order valence-corrected chi connectivity index (χ3v) is 5.54. The van der Waals surface area contributed by atoms with Gasteiger partial charge in [-0.05, 0) is 41.0 Å². The summed E-state index contributed by atoms with van der Waals surface area (Å²) in [5, 5.41) is 12.6. The predicted molar refractivity (Wildman–Crippen MR) is 138 cm³/mol. The average Bonchev–Trinajstić information content (AvgIpc) is 2.95. The Kier molecular flexibility index (Phi) is 7.81. The van der Waals surface area contributed by atoms with Crippen molar-refractivity contribution >= 4 is 17.6 Å². The lowest BCUT2D eigenvalue weighted by Crippen LogP contribution is -2.18. The van der Waals surface area contributed by atoms with Crippen molar-refractivity contribution in [3.05, 3.63) is 113 Å². The van der Waals surface area contributed by atoms with Gasteiger partial charge in [0.1, 0.15) is 29.2 Å². The molecule has 0 bridgehead atoms. The minimum absolute atomic E-state index is 0.217. The molecule has 0 aliphatic carbocycles. The number of ether oxygens (including phenoxy) is 1. The van der Waals surface area contributed by atoms with Gasteiger partial charge in [-0.1, -0.05) is 42.5 Å². The number of hydrogen-bond acceptors (Lipinski definition) is 7. The first-order chi connectivity index (χ1) is 18.0. The molecule has 0 saturated heterocycles. The molecule has 0 radical (unpaired) electrons. The van der Waals surface area contributed by atoms with Crippen molar-refractivity contribution in [3.63, 3.8) is 0 Å². The van der Waals surface area contributed by atoms with Gasteiger partial charge in [-0.3, -0.25) is 4.99 Å². The van der Waals surface area contributed by atoms with E-state index in [2.05, 4.69) is 31.1 Å². The van der Waals surface area contributed by atoms with E-state index in [4.69, 9.17) is 5.73 Å². The van der Waals surface area contributed by atoms with E-state index in [1.54, 1.807) is 30.5 Å². The van der Waals surface area contributed by atoms with Crippen LogP contribution in [0.3, 0.4) is 0 Å². The van der Waals surface area contributed by atoms with E-state index >= 15 is 0 Å². The van der Waals surface area contributed by atoms with Crippen LogP contribution in [0.15, 0.2) is 84.1 Å². The summed E-state index contributed by atoms with van der Waals surface area (Å²) >= 11 is 0. The SMILES string of the molecule is COC(=O)c1ccc(-c2ccc(CNc3ncc(C#N)cc3C(N)=NCc3ccc(F)cc3)cc2)cn1. The maximum absolute atomic E-state index is 13.1. The van der Waals surface area contributed by atoms with Gasteiger partial charge in [0.05, 0.1) is 24.8 Å². The monoisotopic (exact) mass is 494 g/mol. The second-order valence-corrected chi connectivity index (χ2v) is 8.03. The number of amidine groups is 1. The number of carbonyl (C=O) groups excluding carboxylic acids is 1. The second kappa shape index (κ2) is 11.6. The minimum Gasteiger partial charge on any atom is -0.464 e. The van der Waals surface area contributed by atoms with E-state index in [0.717, 1.165) is 22.3 Å². The Morgan fingerprint density at radius 3 is 2.38 bits per heavy atom. The number of rotatable bonds is 8. The van der Waals surface area contributed by atoms with Gasteiger partial charge in [-0.15, -0.1) is 0 Å². The van der Waals surface area contributed by atoms with Gasteiger partial charge in [-0.2, -0.15) is 5.26 Å². The number of methoxy groups -OCH3 is 1. The quantitative estimate of drug-likeness (QED) is 0.210. The number of anilines is 1. The largest absolute Gasteiger partial charge is 0.464 e. The van der Waals surface area contributed by atoms with Crippen LogP contribution < -0.4 is 11.1 Å². The normalized spacial score (nSPS) is 11.0. The summed E-state index contributed by atoms with van der Waals surface area (Å²) < 4.78 is 17.8. The van der Waals surface area contributed by atoms with Crippen LogP contribution in [0.5, 0.6) is 0 Å². The van der Waals surface area contributed by atoms with E-state index in [-0.39, 0.29) is 23.9 Å². The lowest BCUT2D eigenvalue weighted by Gasteiger charge is -2.12. The molecule has 184 valence electrons. The Hall–Kier alpha value is -5.10. The van der Waals surface area contributed by atoms with Crippen molar-refractivity contribution in [2.24, 2.45) is 10.7 Å². The Labute approximate surface area is 213 Å². The first-order valence-corrected chi connectivity index (χ1v) is 11.3. The zero-order chi connectivity index (χ0) is 26.2. The maximum Gasteiger partial charge on any atom is 0.356 e. The third kappa shape index (κ3) is 6.32. The highest BCUT2D eigenvalue weighted by molar-refractivity contribution is 6.01. The lowest BCUT2D eigenvalue weighted by molar-refractivity contribution is 0.0594. The number of aromatic nitrogens is 2. The van der Waals surface area contributed by atoms with Gasteiger partial charge in [-0.25, -0.2) is 19.2 Å². The molecule has 0 aliphatic rings. The summed E-state index contributed by atoms with van der Waals surface area (Å²) in [6, 6.07) is 21.0. The first-order valence-electron chi connectivity index (χ1n) is 11.3. The molecule has 2 aromatic carbocycles. The summed E-state index contributed by atoms with van der Waals surface area (Å²) in [6.45, 7) is 0.718. The number of benzene rings is 2. The van der Waals surface area contributed by atoms with E-state index in [0.29, 0.717) is 23.5 Å². The second-order valence-electron chi connectivity index (χ2n) is 8.03. The first kappa shape index (κ1) is 25.0. The van der Waals surface area contributed by atoms with Crippen LogP contribution in [0.1, 0.15) is 32.7 Å². The van der Waals surface area contributed by atoms with Crippen molar-refractivity contribution in [2.75, 3.05) is 12.4 Å². The van der Waals surface area contributed by atoms with Crippen molar-refractivity contribution in [1.82, 2.24) is 9.97 Å². The molecule has 0 saturated carbocycles. The van der Waals surface area contributed by atoms with Gasteiger partial charge in [0.15, 0.2) is 0 Å². The molecule has 2 aromatic heterocycles. The highest BCUT2D eigenvalue weighted by Gasteiger charge is 2.11. The molecular formula is C28H23FN6O2. The van der Waals surface area contributed by atoms with Crippen LogP contribution in [0.4, 0.5) is 10.2 Å². The molecule has 3 N–H and O–H groups in total. The molecule has 8 nitrogen and oxygen atoms in total. The number of nitrogens with zero attached hydrogens (tertiary/aromatic N) is 4. The molecule has 0 fully saturated rings. The Bertz CT molecular complexity index is 1460. The fraction of sp³-hybridized carbons (Fsp3) is 0.107. The van der Waals surface area contributed by atoms with Gasteiger partial charge < -0.3 is 15.8 Å². The van der Waals surface area contributed by atoms with E-state index in [1.807, 2.05) is 30.3 Å². The third-order valence-electron chi connectivity index (χ3n) is 5.54. The Morgan fingerprint density at radius 2 is 1.73 bits per heavy atom. The molecule has 0 aliphatic heterocycles. The topological polar surface area (TPSA) is 126 Å². The molecule has 0 atom stereocenters. The highest BCUT2D eigenvalue weighted by Crippen LogP contribution is 2.21. The Morgan fingerprint density at radius 1 is 1.03 bits per heavy atom. The zero-order valence-corrected chi connectivity index (χ0v) is 20.0. The average molecular weight is 495 g/mol. The zero-order valence-electron chi connectivity index (χ0n) is 20.0. The molecule has 0 amide bonds. The summed E-state index contributed by atoms with van der Waals surface area (Å²) in [7, 11) is 1.32. The number of nitrogens with two attached hydrogens (primary N) is 1. The minimum atomic E-state index is -0.482. The molecule has 37 heavy (non-hydrogen) atoms. The number of nitrogens with one attached hydrogen (secondary N) is 1. The number of pyridine rings is 2. The standard InChI is InChI=1S/C28H23FN6O2/c1-37-28(36)25-11-8-22(17-32-25)21-6-2-18(3-7-21)15-34-27-24(12-20(13-30)16-35-27)26(31)33-14-19-4-9-23(29)10-5-19/h2-12,16-17H,14-15H2,1H3,(H2,31,33)(H,34,35). The number of esters is 1. The van der Waals surface area contributed by atoms with Crippen LogP contribution in [0.25, 0.3) is 11.1 Å². The smallest absolute Gasteiger partial charge is 0.356 e.